The summed E-state index contributed by atoms with van der Waals surface area (Å²) in [5.41, 5.74) is -0.217. The van der Waals surface area contributed by atoms with Crippen molar-refractivity contribution < 1.29 is 5.48 Å². The number of imidazole rings is 1. The molecule has 4 N–H and O–H groups in total. The van der Waals surface area contributed by atoms with Crippen LogP contribution in [-0.4, -0.2) is 25.0 Å². The molecule has 0 aliphatic rings. The zero-order valence-corrected chi connectivity index (χ0v) is 6.79. The third-order valence-electron chi connectivity index (χ3n) is 1.69. The molecule has 2 rings (SSSR count). The van der Waals surface area contributed by atoms with E-state index in [0.717, 1.165) is 0 Å². The Bertz CT molecular complexity index is 535. The Kier molecular flexibility index (Phi) is 2.03. The highest BCUT2D eigenvalue weighted by Gasteiger charge is 2.04. The van der Waals surface area contributed by atoms with E-state index in [1.54, 1.807) is 7.05 Å². The van der Waals surface area contributed by atoms with Crippen molar-refractivity contribution >= 4 is 11.2 Å². The Morgan fingerprint density at radius 2 is 2.15 bits per heavy atom. The zero-order valence-electron chi connectivity index (χ0n) is 6.79. The fraction of sp³-hybridized carbons (Fsp3) is 0.167. The quantitative estimate of drug-likeness (QED) is 0.499. The molecule has 70 valence electrons. The van der Waals surface area contributed by atoms with Gasteiger partial charge in [0.05, 0.1) is 6.33 Å². The summed E-state index contributed by atoms with van der Waals surface area (Å²) in [6.07, 6.45) is 1.37. The Balaban J connectivity index is 0.000000845. The minimum atomic E-state index is -0.459. The van der Waals surface area contributed by atoms with E-state index < -0.39 is 11.2 Å². The van der Waals surface area contributed by atoms with Gasteiger partial charge < -0.3 is 10.5 Å². The number of nitrogens with zero attached hydrogens (tertiary/aromatic N) is 2. The average molecular weight is 184 g/mol. The van der Waals surface area contributed by atoms with Gasteiger partial charge in [-0.25, -0.2) is 9.78 Å². The van der Waals surface area contributed by atoms with Crippen molar-refractivity contribution in [1.82, 2.24) is 19.5 Å². The molecular formula is C6H8N4O3. The number of aryl methyl sites for hydroxylation is 1. The maximum absolute atomic E-state index is 11.1. The Hall–Kier alpha value is -1.89. The highest BCUT2D eigenvalue weighted by Crippen LogP contribution is 1.96. The Morgan fingerprint density at radius 1 is 1.46 bits per heavy atom. The molecule has 0 bridgehead atoms. The van der Waals surface area contributed by atoms with Gasteiger partial charge >= 0.3 is 5.69 Å². The van der Waals surface area contributed by atoms with E-state index in [2.05, 4.69) is 15.0 Å². The van der Waals surface area contributed by atoms with Crippen molar-refractivity contribution in [2.24, 2.45) is 7.05 Å². The molecule has 7 nitrogen and oxygen atoms in total. The molecular weight excluding hydrogens is 176 g/mol. The van der Waals surface area contributed by atoms with Gasteiger partial charge in [0.25, 0.3) is 5.56 Å². The first-order valence-electron chi connectivity index (χ1n) is 3.32. The molecule has 0 atom stereocenters. The van der Waals surface area contributed by atoms with Crippen LogP contribution in [-0.2, 0) is 7.05 Å². The summed E-state index contributed by atoms with van der Waals surface area (Å²) in [5.74, 6) is 0. The van der Waals surface area contributed by atoms with Crippen molar-refractivity contribution in [1.29, 1.82) is 0 Å². The van der Waals surface area contributed by atoms with Crippen molar-refractivity contribution in [2.75, 3.05) is 0 Å². The number of hydrogen-bond donors (Lipinski definition) is 2. The second-order valence-electron chi connectivity index (χ2n) is 2.42. The molecule has 0 aliphatic heterocycles. The summed E-state index contributed by atoms with van der Waals surface area (Å²) >= 11 is 0. The Morgan fingerprint density at radius 3 is 2.85 bits per heavy atom. The smallest absolute Gasteiger partial charge is 0.329 e. The van der Waals surface area contributed by atoms with E-state index in [0.29, 0.717) is 11.2 Å². The van der Waals surface area contributed by atoms with Crippen LogP contribution in [0.5, 0.6) is 0 Å². The number of rotatable bonds is 0. The lowest BCUT2D eigenvalue weighted by Gasteiger charge is -1.94. The van der Waals surface area contributed by atoms with Crippen molar-refractivity contribution in [3.05, 3.63) is 27.2 Å². The summed E-state index contributed by atoms with van der Waals surface area (Å²) in [4.78, 5) is 30.7. The van der Waals surface area contributed by atoms with E-state index in [9.17, 15) is 9.59 Å². The molecule has 13 heavy (non-hydrogen) atoms. The first-order valence-corrected chi connectivity index (χ1v) is 3.32. The highest BCUT2D eigenvalue weighted by atomic mass is 16.2. The molecule has 0 amide bonds. The SMILES string of the molecule is Cn1c(=O)[nH]c(=O)c2[nH]cnc21.O. The summed E-state index contributed by atoms with van der Waals surface area (Å²) in [6.45, 7) is 0. The van der Waals surface area contributed by atoms with Gasteiger partial charge in [-0.3, -0.25) is 14.3 Å². The first-order chi connectivity index (χ1) is 5.70. The monoisotopic (exact) mass is 184 g/mol. The molecule has 2 aromatic heterocycles. The van der Waals surface area contributed by atoms with E-state index >= 15 is 0 Å². The zero-order chi connectivity index (χ0) is 8.72. The molecule has 0 saturated heterocycles. The van der Waals surface area contributed by atoms with Crippen LogP contribution in [0.1, 0.15) is 0 Å². The van der Waals surface area contributed by atoms with Crippen molar-refractivity contribution in [3.63, 3.8) is 0 Å². The molecule has 0 saturated carbocycles. The average Bonchev–Trinajstić information content (AvgIpc) is 2.48. The molecule has 0 unspecified atom stereocenters. The first kappa shape index (κ1) is 9.20. The minimum absolute atomic E-state index is 0. The van der Waals surface area contributed by atoms with Crippen molar-refractivity contribution in [2.45, 2.75) is 0 Å². The molecule has 0 spiro atoms. The molecule has 0 radical (unpaired) electrons. The second kappa shape index (κ2) is 2.87. The van der Waals surface area contributed by atoms with Gasteiger partial charge in [-0.1, -0.05) is 0 Å². The van der Waals surface area contributed by atoms with Gasteiger partial charge in [-0.2, -0.15) is 0 Å². The summed E-state index contributed by atoms with van der Waals surface area (Å²) < 4.78 is 1.27. The van der Waals surface area contributed by atoms with E-state index in [-0.39, 0.29) is 5.48 Å². The largest absolute Gasteiger partial charge is 0.412 e. The Labute approximate surface area is 71.4 Å². The maximum Gasteiger partial charge on any atom is 0.329 e. The van der Waals surface area contributed by atoms with E-state index in [1.807, 2.05) is 0 Å². The normalized spacial score (nSPS) is 9.92. The lowest BCUT2D eigenvalue weighted by atomic mass is 10.5. The molecule has 0 aliphatic carbocycles. The fourth-order valence-electron chi connectivity index (χ4n) is 1.05. The van der Waals surface area contributed by atoms with Crippen LogP contribution in [0.25, 0.3) is 11.2 Å². The number of aromatic amines is 2. The van der Waals surface area contributed by atoms with Crippen LogP contribution < -0.4 is 11.2 Å². The van der Waals surface area contributed by atoms with Gasteiger partial charge in [-0.15, -0.1) is 0 Å². The standard InChI is InChI=1S/C6H6N4O2.H2O/c1-10-4-3(7-2-8-4)5(11)9-6(10)12;/h2H,1H3,(H,7,8)(H,9,11,12);1H2. The summed E-state index contributed by atoms with van der Waals surface area (Å²) in [7, 11) is 1.54. The van der Waals surface area contributed by atoms with E-state index in [4.69, 9.17) is 0 Å². The maximum atomic E-state index is 11.1. The van der Waals surface area contributed by atoms with Gasteiger partial charge in [0.1, 0.15) is 5.52 Å². The number of hydrogen-bond acceptors (Lipinski definition) is 3. The predicted octanol–water partition coefficient (Wildman–Crippen LogP) is -1.87. The summed E-state index contributed by atoms with van der Waals surface area (Å²) in [5, 5.41) is 0. The van der Waals surface area contributed by atoms with Gasteiger partial charge in [-0.05, 0) is 0 Å². The number of fused-ring (bicyclic) bond motifs is 1. The lowest BCUT2D eigenvalue weighted by molar-refractivity contribution is 0.824. The molecule has 7 heteroatoms. The molecule has 0 fully saturated rings. The van der Waals surface area contributed by atoms with Gasteiger partial charge in [0.2, 0.25) is 0 Å². The topological polar surface area (TPSA) is 115 Å². The van der Waals surface area contributed by atoms with Gasteiger partial charge in [0.15, 0.2) is 5.65 Å². The van der Waals surface area contributed by atoms with Gasteiger partial charge in [0, 0.05) is 7.05 Å². The number of aromatic nitrogens is 4. The summed E-state index contributed by atoms with van der Waals surface area (Å²) in [6, 6.07) is 0. The van der Waals surface area contributed by atoms with Crippen LogP contribution in [0.4, 0.5) is 0 Å². The third-order valence-corrected chi connectivity index (χ3v) is 1.69. The molecule has 2 heterocycles. The highest BCUT2D eigenvalue weighted by molar-refractivity contribution is 5.68. The third kappa shape index (κ3) is 1.14. The second-order valence-corrected chi connectivity index (χ2v) is 2.42. The van der Waals surface area contributed by atoms with Crippen LogP contribution in [0.3, 0.4) is 0 Å². The fourth-order valence-corrected chi connectivity index (χ4v) is 1.05. The van der Waals surface area contributed by atoms with Crippen molar-refractivity contribution in [3.8, 4) is 0 Å². The van der Waals surface area contributed by atoms with Crippen LogP contribution >= 0.6 is 0 Å². The number of nitrogens with one attached hydrogen (secondary N) is 2. The van der Waals surface area contributed by atoms with Crippen LogP contribution in [0.2, 0.25) is 0 Å². The van der Waals surface area contributed by atoms with E-state index in [1.165, 1.54) is 10.9 Å². The van der Waals surface area contributed by atoms with Crippen LogP contribution in [0, 0.1) is 0 Å². The number of H-pyrrole nitrogens is 2. The predicted molar refractivity (Wildman–Crippen MR) is 45.6 cm³/mol. The minimum Gasteiger partial charge on any atom is -0.412 e. The molecule has 2 aromatic rings. The van der Waals surface area contributed by atoms with Crippen LogP contribution in [0.15, 0.2) is 15.9 Å². The molecule has 0 aromatic carbocycles. The lowest BCUT2D eigenvalue weighted by Crippen LogP contribution is -2.28.